The number of hydrogen-bond acceptors (Lipinski definition) is 4. The van der Waals surface area contributed by atoms with Crippen LogP contribution in [0.25, 0.3) is 0 Å². The largest absolute Gasteiger partial charge is 0.480 e. The quantitative estimate of drug-likeness (QED) is 0.474. The molecule has 1 aliphatic rings. The standard InChI is InChI=1S/C13H24N4O4/c1-2-17-6-5-9(8-17)7-15-13(21)16-10(12(19)20)3-4-11(14)18/h9-10H,2-8H2,1H3,(H2,14,18)(H,19,20)(H2,15,16,21). The first-order valence-electron chi connectivity index (χ1n) is 7.20. The van der Waals surface area contributed by atoms with Gasteiger partial charge in [0.1, 0.15) is 6.04 Å². The van der Waals surface area contributed by atoms with Crippen LogP contribution < -0.4 is 16.4 Å². The molecule has 2 unspecified atom stereocenters. The van der Waals surface area contributed by atoms with Gasteiger partial charge in [-0.3, -0.25) is 4.79 Å². The van der Waals surface area contributed by atoms with Crippen molar-refractivity contribution >= 4 is 17.9 Å². The molecule has 5 N–H and O–H groups in total. The van der Waals surface area contributed by atoms with E-state index in [4.69, 9.17) is 10.8 Å². The summed E-state index contributed by atoms with van der Waals surface area (Å²) in [6.45, 7) is 5.59. The smallest absolute Gasteiger partial charge is 0.326 e. The molecule has 21 heavy (non-hydrogen) atoms. The highest BCUT2D eigenvalue weighted by atomic mass is 16.4. The Bertz CT molecular complexity index is 388. The van der Waals surface area contributed by atoms with Crippen LogP contribution in [0, 0.1) is 5.92 Å². The minimum Gasteiger partial charge on any atom is -0.480 e. The third-order valence-corrected chi connectivity index (χ3v) is 3.65. The maximum Gasteiger partial charge on any atom is 0.326 e. The van der Waals surface area contributed by atoms with Gasteiger partial charge in [-0.25, -0.2) is 9.59 Å². The van der Waals surface area contributed by atoms with Gasteiger partial charge in [0, 0.05) is 19.5 Å². The Kier molecular flexibility index (Phi) is 6.93. The highest BCUT2D eigenvalue weighted by Gasteiger charge is 2.23. The van der Waals surface area contributed by atoms with Gasteiger partial charge in [0.2, 0.25) is 5.91 Å². The summed E-state index contributed by atoms with van der Waals surface area (Å²) >= 11 is 0. The molecular weight excluding hydrogens is 276 g/mol. The average molecular weight is 300 g/mol. The van der Waals surface area contributed by atoms with Crippen LogP contribution >= 0.6 is 0 Å². The summed E-state index contributed by atoms with van der Waals surface area (Å²) in [4.78, 5) is 35.7. The lowest BCUT2D eigenvalue weighted by molar-refractivity contribution is -0.139. The fourth-order valence-corrected chi connectivity index (χ4v) is 2.36. The predicted molar refractivity (Wildman–Crippen MR) is 76.6 cm³/mol. The molecule has 0 saturated carbocycles. The number of rotatable bonds is 8. The van der Waals surface area contributed by atoms with E-state index in [1.54, 1.807) is 0 Å². The number of primary amides is 1. The van der Waals surface area contributed by atoms with Crippen molar-refractivity contribution in [2.24, 2.45) is 11.7 Å². The fraction of sp³-hybridized carbons (Fsp3) is 0.769. The number of carboxylic acid groups (broad SMARTS) is 1. The second kappa shape index (κ2) is 8.46. The van der Waals surface area contributed by atoms with Gasteiger partial charge in [0.05, 0.1) is 0 Å². The van der Waals surface area contributed by atoms with Crippen LogP contribution in [0.4, 0.5) is 4.79 Å². The lowest BCUT2D eigenvalue weighted by atomic mass is 10.1. The van der Waals surface area contributed by atoms with Gasteiger partial charge in [-0.2, -0.15) is 0 Å². The summed E-state index contributed by atoms with van der Waals surface area (Å²) in [5, 5.41) is 14.0. The van der Waals surface area contributed by atoms with Crippen molar-refractivity contribution in [3.05, 3.63) is 0 Å². The number of carboxylic acids is 1. The molecule has 120 valence electrons. The normalized spacial score (nSPS) is 20.0. The van der Waals surface area contributed by atoms with E-state index in [1.807, 2.05) is 0 Å². The summed E-state index contributed by atoms with van der Waals surface area (Å²) in [6, 6.07) is -1.63. The number of hydrogen-bond donors (Lipinski definition) is 4. The molecule has 0 radical (unpaired) electrons. The molecule has 1 aliphatic heterocycles. The first-order chi connectivity index (χ1) is 9.92. The molecule has 8 heteroatoms. The number of nitrogens with one attached hydrogen (secondary N) is 2. The van der Waals surface area contributed by atoms with Crippen LogP contribution in [-0.4, -0.2) is 60.1 Å². The van der Waals surface area contributed by atoms with Gasteiger partial charge in [-0.05, 0) is 31.8 Å². The van der Waals surface area contributed by atoms with E-state index in [0.717, 1.165) is 26.1 Å². The van der Waals surface area contributed by atoms with Crippen molar-refractivity contribution in [3.63, 3.8) is 0 Å². The van der Waals surface area contributed by atoms with Gasteiger partial charge in [-0.15, -0.1) is 0 Å². The third-order valence-electron chi connectivity index (χ3n) is 3.65. The van der Waals surface area contributed by atoms with Gasteiger partial charge >= 0.3 is 12.0 Å². The zero-order chi connectivity index (χ0) is 15.8. The van der Waals surface area contributed by atoms with Gasteiger partial charge in [-0.1, -0.05) is 6.92 Å². The van der Waals surface area contributed by atoms with Crippen LogP contribution in [-0.2, 0) is 9.59 Å². The van der Waals surface area contributed by atoms with E-state index in [-0.39, 0.29) is 12.8 Å². The topological polar surface area (TPSA) is 125 Å². The fourth-order valence-electron chi connectivity index (χ4n) is 2.36. The van der Waals surface area contributed by atoms with Crippen LogP contribution in [0.3, 0.4) is 0 Å². The predicted octanol–water partition coefficient (Wildman–Crippen LogP) is -0.654. The van der Waals surface area contributed by atoms with Crippen molar-refractivity contribution < 1.29 is 19.5 Å². The Morgan fingerprint density at radius 2 is 2.14 bits per heavy atom. The van der Waals surface area contributed by atoms with E-state index in [9.17, 15) is 14.4 Å². The number of carbonyl (C=O) groups is 3. The van der Waals surface area contributed by atoms with Crippen molar-refractivity contribution in [2.75, 3.05) is 26.2 Å². The number of nitrogens with two attached hydrogens (primary N) is 1. The minimum absolute atomic E-state index is 0.00880. The third kappa shape index (κ3) is 6.44. The Labute approximate surface area is 124 Å². The Hall–Kier alpha value is -1.83. The van der Waals surface area contributed by atoms with E-state index in [1.165, 1.54) is 0 Å². The van der Waals surface area contributed by atoms with Crippen LogP contribution in [0.15, 0.2) is 0 Å². The monoisotopic (exact) mass is 300 g/mol. The maximum atomic E-state index is 11.7. The molecule has 2 atom stereocenters. The molecule has 0 aromatic rings. The summed E-state index contributed by atoms with van der Waals surface area (Å²) in [5.41, 5.74) is 4.97. The minimum atomic E-state index is -1.18. The van der Waals surface area contributed by atoms with E-state index in [2.05, 4.69) is 22.5 Å². The molecular formula is C13H24N4O4. The highest BCUT2D eigenvalue weighted by molar-refractivity contribution is 5.83. The molecule has 1 saturated heterocycles. The van der Waals surface area contributed by atoms with Crippen molar-refractivity contribution in [3.8, 4) is 0 Å². The highest BCUT2D eigenvalue weighted by Crippen LogP contribution is 2.14. The molecule has 0 aliphatic carbocycles. The average Bonchev–Trinajstić information content (AvgIpc) is 2.88. The molecule has 3 amide bonds. The number of amides is 3. The van der Waals surface area contributed by atoms with E-state index >= 15 is 0 Å². The second-order valence-electron chi connectivity index (χ2n) is 5.30. The number of likely N-dealkylation sites (tertiary alicyclic amines) is 1. The summed E-state index contributed by atoms with van der Waals surface area (Å²) in [6.07, 6.45) is 0.939. The first-order valence-corrected chi connectivity index (χ1v) is 7.20. The summed E-state index contributed by atoms with van der Waals surface area (Å²) < 4.78 is 0. The number of nitrogens with zero attached hydrogens (tertiary/aromatic N) is 1. The molecule has 0 aromatic heterocycles. The molecule has 1 rings (SSSR count). The van der Waals surface area contributed by atoms with E-state index < -0.39 is 23.9 Å². The van der Waals surface area contributed by atoms with Crippen molar-refractivity contribution in [1.82, 2.24) is 15.5 Å². The molecule has 1 heterocycles. The van der Waals surface area contributed by atoms with E-state index in [0.29, 0.717) is 12.5 Å². The second-order valence-corrected chi connectivity index (χ2v) is 5.30. The molecule has 0 spiro atoms. The van der Waals surface area contributed by atoms with Gasteiger partial charge in [0.25, 0.3) is 0 Å². The summed E-state index contributed by atoms with van der Waals surface area (Å²) in [7, 11) is 0. The maximum absolute atomic E-state index is 11.7. The molecule has 8 nitrogen and oxygen atoms in total. The first kappa shape index (κ1) is 17.2. The number of carbonyl (C=O) groups excluding carboxylic acids is 2. The summed E-state index contributed by atoms with van der Waals surface area (Å²) in [5.74, 6) is -1.37. The van der Waals surface area contributed by atoms with Crippen LogP contribution in [0.2, 0.25) is 0 Å². The lowest BCUT2D eigenvalue weighted by Crippen LogP contribution is -2.47. The lowest BCUT2D eigenvalue weighted by Gasteiger charge is -2.17. The Balaban J connectivity index is 2.30. The van der Waals surface area contributed by atoms with Crippen LogP contribution in [0.1, 0.15) is 26.2 Å². The van der Waals surface area contributed by atoms with Gasteiger partial charge < -0.3 is 26.4 Å². The Morgan fingerprint density at radius 1 is 1.43 bits per heavy atom. The van der Waals surface area contributed by atoms with Gasteiger partial charge in [0.15, 0.2) is 0 Å². The zero-order valence-electron chi connectivity index (χ0n) is 12.3. The molecule has 0 bridgehead atoms. The van der Waals surface area contributed by atoms with Crippen molar-refractivity contribution in [2.45, 2.75) is 32.2 Å². The Morgan fingerprint density at radius 3 is 2.67 bits per heavy atom. The molecule has 1 fully saturated rings. The SMILES string of the molecule is CCN1CCC(CNC(=O)NC(CCC(N)=O)C(=O)O)C1. The number of aliphatic carboxylic acids is 1. The number of urea groups is 1. The molecule has 0 aromatic carbocycles. The zero-order valence-corrected chi connectivity index (χ0v) is 12.3. The van der Waals surface area contributed by atoms with Crippen LogP contribution in [0.5, 0.6) is 0 Å². The van der Waals surface area contributed by atoms with Crippen molar-refractivity contribution in [1.29, 1.82) is 0 Å².